The Labute approximate surface area is 165 Å². The van der Waals surface area contributed by atoms with Crippen LogP contribution in [0.2, 0.25) is 0 Å². The highest BCUT2D eigenvalue weighted by atomic mass is 16.5. The van der Waals surface area contributed by atoms with Crippen LogP contribution < -0.4 is 15.4 Å². The first-order valence-corrected chi connectivity index (χ1v) is 9.81. The number of anilines is 3. The van der Waals surface area contributed by atoms with Crippen LogP contribution in [0, 0.1) is 0 Å². The summed E-state index contributed by atoms with van der Waals surface area (Å²) < 4.78 is 6.14. The van der Waals surface area contributed by atoms with Crippen LogP contribution in [0.4, 0.5) is 17.3 Å². The van der Waals surface area contributed by atoms with Gasteiger partial charge in [0.05, 0.1) is 6.54 Å². The van der Waals surface area contributed by atoms with Gasteiger partial charge in [0, 0.05) is 6.20 Å². The number of aromatic nitrogens is 3. The molecule has 2 aromatic heterocycles. The fourth-order valence-electron chi connectivity index (χ4n) is 3.56. The molecule has 6 heteroatoms. The molecular formula is C22H25N5O. The zero-order valence-corrected chi connectivity index (χ0v) is 15.9. The Morgan fingerprint density at radius 2 is 1.71 bits per heavy atom. The van der Waals surface area contributed by atoms with Gasteiger partial charge in [-0.25, -0.2) is 9.97 Å². The fraction of sp³-hybridized carbons (Fsp3) is 0.318. The molecule has 144 valence electrons. The smallest absolute Gasteiger partial charge is 0.242 e. The molecule has 6 nitrogen and oxygen atoms in total. The maximum Gasteiger partial charge on any atom is 0.242 e. The first-order chi connectivity index (χ1) is 13.8. The third-order valence-electron chi connectivity index (χ3n) is 5.02. The van der Waals surface area contributed by atoms with E-state index in [1.165, 1.54) is 25.6 Å². The Morgan fingerprint density at radius 1 is 0.929 bits per heavy atom. The summed E-state index contributed by atoms with van der Waals surface area (Å²) in [5.41, 5.74) is 8.07. The summed E-state index contributed by atoms with van der Waals surface area (Å²) >= 11 is 0. The van der Waals surface area contributed by atoms with Crippen molar-refractivity contribution in [3.8, 4) is 5.88 Å². The largest absolute Gasteiger partial charge is 0.473 e. The van der Waals surface area contributed by atoms with Gasteiger partial charge in [0.25, 0.3) is 0 Å². The number of nitrogens with two attached hydrogens (primary N) is 1. The zero-order chi connectivity index (χ0) is 19.2. The number of ether oxygens (including phenoxy) is 1. The lowest BCUT2D eigenvalue weighted by Gasteiger charge is -2.26. The molecule has 0 spiro atoms. The third kappa shape index (κ3) is 4.22. The molecule has 0 bridgehead atoms. The number of hydrogen-bond acceptors (Lipinski definition) is 6. The lowest BCUT2D eigenvalue weighted by molar-refractivity contribution is 0.149. The predicted molar refractivity (Wildman–Crippen MR) is 110 cm³/mol. The summed E-state index contributed by atoms with van der Waals surface area (Å²) in [6, 6.07) is 16.0. The van der Waals surface area contributed by atoms with Crippen molar-refractivity contribution in [1.29, 1.82) is 0 Å². The number of nitrogens with zero attached hydrogens (tertiary/aromatic N) is 4. The number of hydrogen-bond donors (Lipinski definition) is 1. The summed E-state index contributed by atoms with van der Waals surface area (Å²) in [5, 5.41) is 0. The summed E-state index contributed by atoms with van der Waals surface area (Å²) in [6.07, 6.45) is 9.22. The van der Waals surface area contributed by atoms with Crippen LogP contribution in [0.5, 0.6) is 5.88 Å². The summed E-state index contributed by atoms with van der Waals surface area (Å²) in [4.78, 5) is 15.3. The second-order valence-electron chi connectivity index (χ2n) is 7.05. The molecule has 28 heavy (non-hydrogen) atoms. The Hall–Kier alpha value is -3.15. The molecule has 0 saturated heterocycles. The van der Waals surface area contributed by atoms with Gasteiger partial charge >= 0.3 is 0 Å². The van der Waals surface area contributed by atoms with Crippen molar-refractivity contribution >= 4 is 17.3 Å². The molecule has 0 radical (unpaired) electrons. The number of pyridine rings is 1. The van der Waals surface area contributed by atoms with Gasteiger partial charge in [0.1, 0.15) is 23.9 Å². The second kappa shape index (κ2) is 8.69. The van der Waals surface area contributed by atoms with Crippen LogP contribution in [0.3, 0.4) is 0 Å². The van der Waals surface area contributed by atoms with Gasteiger partial charge in [0.2, 0.25) is 5.88 Å². The van der Waals surface area contributed by atoms with E-state index in [2.05, 4.69) is 27.1 Å². The van der Waals surface area contributed by atoms with Crippen molar-refractivity contribution in [2.75, 3.05) is 10.6 Å². The van der Waals surface area contributed by atoms with Crippen LogP contribution in [-0.2, 0) is 6.54 Å². The highest BCUT2D eigenvalue weighted by molar-refractivity contribution is 5.73. The summed E-state index contributed by atoms with van der Waals surface area (Å²) in [6.45, 7) is 0.599. The van der Waals surface area contributed by atoms with Gasteiger partial charge in [-0.15, -0.1) is 0 Å². The topological polar surface area (TPSA) is 77.2 Å². The van der Waals surface area contributed by atoms with Gasteiger partial charge < -0.3 is 15.4 Å². The van der Waals surface area contributed by atoms with Gasteiger partial charge in [-0.3, -0.25) is 0 Å². The highest BCUT2D eigenvalue weighted by Gasteiger charge is 2.22. The van der Waals surface area contributed by atoms with Crippen LogP contribution in [0.1, 0.15) is 37.7 Å². The van der Waals surface area contributed by atoms with E-state index in [9.17, 15) is 0 Å². The molecule has 0 unspecified atom stereocenters. The van der Waals surface area contributed by atoms with Crippen molar-refractivity contribution in [3.63, 3.8) is 0 Å². The molecule has 1 saturated carbocycles. The molecule has 1 aliphatic carbocycles. The standard InChI is InChI=1S/C22H25N5O/c23-20-21(25-16-26-22(20)28-18-11-5-2-6-12-18)27(19-13-7-8-14-24-19)15-17-9-3-1-4-10-17/h1,3-4,7-10,13-14,16,18H,2,5-6,11-12,15,23H2. The molecule has 0 aliphatic heterocycles. The Bertz CT molecular complexity index is 882. The van der Waals surface area contributed by atoms with E-state index in [0.717, 1.165) is 24.2 Å². The molecule has 1 aliphatic rings. The first-order valence-electron chi connectivity index (χ1n) is 9.81. The second-order valence-corrected chi connectivity index (χ2v) is 7.05. The molecule has 1 fully saturated rings. The summed E-state index contributed by atoms with van der Waals surface area (Å²) in [5.74, 6) is 1.86. The molecule has 3 aromatic rings. The van der Waals surface area contributed by atoms with E-state index in [4.69, 9.17) is 10.5 Å². The van der Waals surface area contributed by atoms with Crippen molar-refractivity contribution in [2.45, 2.75) is 44.8 Å². The Balaban J connectivity index is 1.66. The highest BCUT2D eigenvalue weighted by Crippen LogP contribution is 2.34. The van der Waals surface area contributed by atoms with E-state index < -0.39 is 0 Å². The van der Waals surface area contributed by atoms with Crippen LogP contribution in [0.25, 0.3) is 0 Å². The molecule has 1 aromatic carbocycles. The predicted octanol–water partition coefficient (Wildman–Crippen LogP) is 4.50. The van der Waals surface area contributed by atoms with E-state index in [-0.39, 0.29) is 6.10 Å². The van der Waals surface area contributed by atoms with Gasteiger partial charge in [0.15, 0.2) is 5.82 Å². The van der Waals surface area contributed by atoms with E-state index >= 15 is 0 Å². The van der Waals surface area contributed by atoms with Crippen LogP contribution in [0.15, 0.2) is 61.1 Å². The number of benzene rings is 1. The molecule has 2 N–H and O–H groups in total. The van der Waals surface area contributed by atoms with Crippen molar-refractivity contribution in [3.05, 3.63) is 66.6 Å². The Kier molecular flexibility index (Phi) is 5.66. The molecule has 2 heterocycles. The van der Waals surface area contributed by atoms with E-state index in [1.807, 2.05) is 41.3 Å². The number of nitrogen functional groups attached to an aromatic ring is 1. The summed E-state index contributed by atoms with van der Waals surface area (Å²) in [7, 11) is 0. The lowest BCUT2D eigenvalue weighted by Crippen LogP contribution is -2.23. The van der Waals surface area contributed by atoms with E-state index in [0.29, 0.717) is 23.9 Å². The first kappa shape index (κ1) is 18.2. The Morgan fingerprint density at radius 3 is 2.46 bits per heavy atom. The molecule has 0 atom stereocenters. The minimum Gasteiger partial charge on any atom is -0.473 e. The van der Waals surface area contributed by atoms with Gasteiger partial charge in [-0.1, -0.05) is 42.8 Å². The molecule has 0 amide bonds. The number of rotatable bonds is 6. The monoisotopic (exact) mass is 375 g/mol. The maximum atomic E-state index is 6.47. The molecule has 4 rings (SSSR count). The minimum absolute atomic E-state index is 0.177. The quantitative estimate of drug-likeness (QED) is 0.683. The van der Waals surface area contributed by atoms with E-state index in [1.54, 1.807) is 6.20 Å². The molecular weight excluding hydrogens is 350 g/mol. The van der Waals surface area contributed by atoms with Gasteiger partial charge in [-0.2, -0.15) is 4.98 Å². The van der Waals surface area contributed by atoms with Crippen molar-refractivity contribution in [2.24, 2.45) is 0 Å². The van der Waals surface area contributed by atoms with Crippen molar-refractivity contribution < 1.29 is 4.74 Å². The maximum absolute atomic E-state index is 6.47. The zero-order valence-electron chi connectivity index (χ0n) is 15.9. The fourth-order valence-corrected chi connectivity index (χ4v) is 3.56. The van der Waals surface area contributed by atoms with Crippen molar-refractivity contribution in [1.82, 2.24) is 15.0 Å². The average molecular weight is 375 g/mol. The lowest BCUT2D eigenvalue weighted by atomic mass is 9.98. The third-order valence-corrected chi connectivity index (χ3v) is 5.02. The SMILES string of the molecule is Nc1c(OC2CCCCC2)ncnc1N(Cc1ccccc1)c1ccccn1. The normalized spacial score (nSPS) is 14.6. The average Bonchev–Trinajstić information content (AvgIpc) is 2.76. The van der Waals surface area contributed by atoms with Gasteiger partial charge in [-0.05, 0) is 43.4 Å². The van der Waals surface area contributed by atoms with Crippen LogP contribution in [-0.4, -0.2) is 21.1 Å². The van der Waals surface area contributed by atoms with Crippen LogP contribution >= 0.6 is 0 Å². The minimum atomic E-state index is 0.177.